The fourth-order valence-electron chi connectivity index (χ4n) is 2.93. The molecule has 0 radical (unpaired) electrons. The van der Waals surface area contributed by atoms with Gasteiger partial charge in [-0.1, -0.05) is 48.5 Å². The third-order valence-corrected chi connectivity index (χ3v) is 4.71. The van der Waals surface area contributed by atoms with E-state index in [0.717, 1.165) is 0 Å². The Kier molecular flexibility index (Phi) is 8.33. The van der Waals surface area contributed by atoms with E-state index in [1.807, 2.05) is 10.9 Å². The summed E-state index contributed by atoms with van der Waals surface area (Å²) in [5.41, 5.74) is 3.71. The number of esters is 2. The third-order valence-electron chi connectivity index (χ3n) is 4.71. The first-order valence-electron chi connectivity index (χ1n) is 10.4. The number of carbonyl (C=O) groups excluding carboxylic acids is 4. The van der Waals surface area contributed by atoms with E-state index in [0.29, 0.717) is 0 Å². The predicted molar refractivity (Wildman–Crippen MR) is 123 cm³/mol. The average molecular weight is 492 g/mol. The summed E-state index contributed by atoms with van der Waals surface area (Å²) in [5, 5.41) is 19.5. The van der Waals surface area contributed by atoms with Gasteiger partial charge in [-0.05, 0) is 36.4 Å². The lowest BCUT2D eigenvalue weighted by Gasteiger charge is -2.23. The first-order chi connectivity index (χ1) is 17.3. The van der Waals surface area contributed by atoms with Crippen molar-refractivity contribution in [2.24, 2.45) is 0 Å². The number of hydrogen-bond acceptors (Lipinski definition) is 8. The topological polar surface area (TPSA) is 168 Å². The highest BCUT2D eigenvalue weighted by Crippen LogP contribution is 2.16. The van der Waals surface area contributed by atoms with Crippen molar-refractivity contribution < 1.29 is 43.7 Å². The molecule has 0 unspecified atom stereocenters. The van der Waals surface area contributed by atoms with Crippen molar-refractivity contribution in [3.05, 3.63) is 102 Å². The fourth-order valence-corrected chi connectivity index (χ4v) is 2.93. The van der Waals surface area contributed by atoms with Crippen molar-refractivity contribution in [1.29, 1.82) is 0 Å². The first-order valence-corrected chi connectivity index (χ1v) is 10.4. The molecule has 0 spiro atoms. The number of carboxylic acid groups (broad SMARTS) is 1. The second-order valence-corrected chi connectivity index (χ2v) is 7.18. The SMILES string of the molecule is O=C(O[C@H](C(=O)O)[C@H](OC(=O)c1ccccc1)C(=O)NNC(=O)c1ccccc1O)c1ccccc1. The Morgan fingerprint density at radius 2 is 1.11 bits per heavy atom. The maximum absolute atomic E-state index is 12.9. The molecule has 2 amide bonds. The second-order valence-electron chi connectivity index (χ2n) is 7.18. The number of nitrogens with one attached hydrogen (secondary N) is 2. The number of hydrogen-bond donors (Lipinski definition) is 4. The van der Waals surface area contributed by atoms with Crippen molar-refractivity contribution in [1.82, 2.24) is 10.9 Å². The molecular weight excluding hydrogens is 472 g/mol. The van der Waals surface area contributed by atoms with E-state index in [1.165, 1.54) is 72.8 Å². The molecule has 0 aliphatic carbocycles. The number of rotatable bonds is 8. The van der Waals surface area contributed by atoms with Crippen LogP contribution in [-0.4, -0.2) is 52.1 Å². The summed E-state index contributed by atoms with van der Waals surface area (Å²) >= 11 is 0. The smallest absolute Gasteiger partial charge is 0.349 e. The highest BCUT2D eigenvalue weighted by molar-refractivity contribution is 6.00. The minimum Gasteiger partial charge on any atom is -0.507 e. The van der Waals surface area contributed by atoms with Gasteiger partial charge in [-0.3, -0.25) is 20.4 Å². The van der Waals surface area contributed by atoms with Crippen LogP contribution in [0, 0.1) is 0 Å². The van der Waals surface area contributed by atoms with Crippen LogP contribution in [0.1, 0.15) is 31.1 Å². The van der Waals surface area contributed by atoms with Gasteiger partial charge in [-0.25, -0.2) is 14.4 Å². The van der Waals surface area contributed by atoms with Crippen LogP contribution in [0.4, 0.5) is 0 Å². The molecule has 0 aliphatic rings. The van der Waals surface area contributed by atoms with E-state index in [-0.39, 0.29) is 22.4 Å². The number of ether oxygens (including phenoxy) is 2. The molecule has 0 saturated carbocycles. The number of aromatic hydroxyl groups is 1. The number of para-hydroxylation sites is 1. The number of aliphatic carboxylic acids is 1. The van der Waals surface area contributed by atoms with E-state index in [2.05, 4.69) is 0 Å². The van der Waals surface area contributed by atoms with Crippen molar-refractivity contribution in [3.8, 4) is 5.75 Å². The molecule has 0 aromatic heterocycles. The minimum absolute atomic E-state index is 0.00734. The van der Waals surface area contributed by atoms with Crippen LogP contribution in [0.3, 0.4) is 0 Å². The minimum atomic E-state index is -2.27. The van der Waals surface area contributed by atoms with E-state index >= 15 is 0 Å². The monoisotopic (exact) mass is 492 g/mol. The van der Waals surface area contributed by atoms with Crippen LogP contribution in [0.25, 0.3) is 0 Å². The molecule has 0 bridgehead atoms. The van der Waals surface area contributed by atoms with Crippen molar-refractivity contribution >= 4 is 29.7 Å². The zero-order valence-corrected chi connectivity index (χ0v) is 18.5. The number of carboxylic acids is 1. The molecule has 0 heterocycles. The van der Waals surface area contributed by atoms with Gasteiger partial charge in [-0.15, -0.1) is 0 Å². The summed E-state index contributed by atoms with van der Waals surface area (Å²) in [7, 11) is 0. The molecule has 3 rings (SSSR count). The van der Waals surface area contributed by atoms with Crippen molar-refractivity contribution in [2.45, 2.75) is 12.2 Å². The maximum Gasteiger partial charge on any atom is 0.349 e. The van der Waals surface area contributed by atoms with E-state index < -0.39 is 41.9 Å². The fraction of sp³-hybridized carbons (Fsp3) is 0.0800. The molecule has 3 aromatic rings. The third kappa shape index (κ3) is 6.44. The summed E-state index contributed by atoms with van der Waals surface area (Å²) in [6, 6.07) is 20.2. The molecule has 4 N–H and O–H groups in total. The molecular formula is C25H20N2O9. The van der Waals surface area contributed by atoms with Crippen LogP contribution in [0.5, 0.6) is 5.75 Å². The molecule has 11 heteroatoms. The van der Waals surface area contributed by atoms with Crippen LogP contribution >= 0.6 is 0 Å². The summed E-state index contributed by atoms with van der Waals surface area (Å²) in [6.45, 7) is 0. The lowest BCUT2D eigenvalue weighted by atomic mass is 10.1. The lowest BCUT2D eigenvalue weighted by molar-refractivity contribution is -0.159. The Hall–Kier alpha value is -5.19. The number of phenols is 1. The van der Waals surface area contributed by atoms with E-state index in [4.69, 9.17) is 9.47 Å². The number of carbonyl (C=O) groups is 5. The standard InChI is InChI=1S/C25H20N2O9/c28-18-14-8-7-13-17(18)21(29)26-27-22(30)19(35-24(33)15-9-3-1-4-10-15)20(23(31)32)36-25(34)16-11-5-2-6-12-16/h1-14,19-20,28H,(H,26,29)(H,27,30)(H,31,32)/t19-,20-/m0/s1. The quantitative estimate of drug-likeness (QED) is 0.270. The average Bonchev–Trinajstić information content (AvgIpc) is 2.89. The maximum atomic E-state index is 12.9. The van der Waals surface area contributed by atoms with Gasteiger partial charge in [0, 0.05) is 0 Å². The van der Waals surface area contributed by atoms with Gasteiger partial charge in [-0.2, -0.15) is 0 Å². The Morgan fingerprint density at radius 1 is 0.639 bits per heavy atom. The van der Waals surface area contributed by atoms with E-state index in [9.17, 15) is 34.2 Å². The van der Waals surface area contributed by atoms with Crippen molar-refractivity contribution in [3.63, 3.8) is 0 Å². The highest BCUT2D eigenvalue weighted by atomic mass is 16.6. The number of benzene rings is 3. The van der Waals surface area contributed by atoms with Gasteiger partial charge >= 0.3 is 17.9 Å². The van der Waals surface area contributed by atoms with Crippen LogP contribution in [-0.2, 0) is 19.1 Å². The number of hydrazine groups is 1. The van der Waals surface area contributed by atoms with Gasteiger partial charge in [0.15, 0.2) is 0 Å². The van der Waals surface area contributed by atoms with E-state index in [1.54, 1.807) is 12.1 Å². The molecule has 3 aromatic carbocycles. The zero-order chi connectivity index (χ0) is 26.1. The Balaban J connectivity index is 1.83. The molecule has 0 aliphatic heterocycles. The molecule has 0 saturated heterocycles. The second kappa shape index (κ2) is 11.8. The summed E-state index contributed by atoms with van der Waals surface area (Å²) in [5.74, 6) is -6.58. The van der Waals surface area contributed by atoms with Gasteiger partial charge in [0.05, 0.1) is 16.7 Å². The predicted octanol–water partition coefficient (Wildman–Crippen LogP) is 1.69. The van der Waals surface area contributed by atoms with Crippen LogP contribution in [0.15, 0.2) is 84.9 Å². The van der Waals surface area contributed by atoms with Crippen molar-refractivity contribution in [2.75, 3.05) is 0 Å². The van der Waals surface area contributed by atoms with Gasteiger partial charge in [0.2, 0.25) is 12.2 Å². The molecule has 184 valence electrons. The Labute approximate surface area is 204 Å². The highest BCUT2D eigenvalue weighted by Gasteiger charge is 2.41. The van der Waals surface area contributed by atoms with Crippen LogP contribution in [0.2, 0.25) is 0 Å². The van der Waals surface area contributed by atoms with Gasteiger partial charge in [0.1, 0.15) is 5.75 Å². The Morgan fingerprint density at radius 3 is 1.61 bits per heavy atom. The lowest BCUT2D eigenvalue weighted by Crippen LogP contribution is -2.54. The molecule has 36 heavy (non-hydrogen) atoms. The molecule has 2 atom stereocenters. The number of phenolic OH excluding ortho intramolecular Hbond substituents is 1. The van der Waals surface area contributed by atoms with Crippen LogP contribution < -0.4 is 10.9 Å². The summed E-state index contributed by atoms with van der Waals surface area (Å²) in [4.78, 5) is 62.2. The molecule has 11 nitrogen and oxygen atoms in total. The Bertz CT molecular complexity index is 1260. The summed E-state index contributed by atoms with van der Waals surface area (Å²) < 4.78 is 10.1. The zero-order valence-electron chi connectivity index (χ0n) is 18.5. The first kappa shape index (κ1) is 25.4. The largest absolute Gasteiger partial charge is 0.507 e. The summed E-state index contributed by atoms with van der Waals surface area (Å²) in [6.07, 6.45) is -4.47. The number of amides is 2. The van der Waals surface area contributed by atoms with Gasteiger partial charge < -0.3 is 19.7 Å². The van der Waals surface area contributed by atoms with Gasteiger partial charge in [0.25, 0.3) is 11.8 Å². The molecule has 0 fully saturated rings. The normalized spacial score (nSPS) is 11.9.